The van der Waals surface area contributed by atoms with Gasteiger partial charge >= 0.3 is 0 Å². The number of nitrogens with zero attached hydrogens (tertiary/aromatic N) is 1. The lowest BCUT2D eigenvalue weighted by atomic mass is 10.1. The predicted octanol–water partition coefficient (Wildman–Crippen LogP) is 1.34. The van der Waals surface area contributed by atoms with E-state index in [4.69, 9.17) is 4.74 Å². The molecule has 14 heavy (non-hydrogen) atoms. The quantitative estimate of drug-likeness (QED) is 0.703. The maximum atomic E-state index is 5.21. The number of methoxy groups -OCH3 is 1. The molecule has 1 N–H and O–H groups in total. The molecule has 3 heteroatoms. The summed E-state index contributed by atoms with van der Waals surface area (Å²) in [5.74, 6) is 0. The fraction of sp³-hybridized carbons (Fsp3) is 1.00. The highest BCUT2D eigenvalue weighted by Crippen LogP contribution is 2.01. The standard InChI is InChI=1S/C11H26N2O/c1-7-13(5)10(9-14-6)8-12-11(2,3)4/h10,12H,7-9H2,1-6H3. The Morgan fingerprint density at radius 1 is 1.36 bits per heavy atom. The average molecular weight is 202 g/mol. The molecule has 0 amide bonds. The SMILES string of the molecule is CCN(C)C(CNC(C)(C)C)COC. The topological polar surface area (TPSA) is 24.5 Å². The Hall–Kier alpha value is -0.120. The van der Waals surface area contributed by atoms with Gasteiger partial charge in [-0.1, -0.05) is 6.92 Å². The van der Waals surface area contributed by atoms with Gasteiger partial charge in [0.15, 0.2) is 0 Å². The van der Waals surface area contributed by atoms with Crippen LogP contribution in [-0.2, 0) is 4.74 Å². The second-order valence-corrected chi connectivity index (χ2v) is 4.81. The van der Waals surface area contributed by atoms with Crippen LogP contribution in [0, 0.1) is 0 Å². The van der Waals surface area contributed by atoms with Crippen LogP contribution in [0.25, 0.3) is 0 Å². The van der Waals surface area contributed by atoms with Gasteiger partial charge in [-0.15, -0.1) is 0 Å². The minimum Gasteiger partial charge on any atom is -0.383 e. The van der Waals surface area contributed by atoms with Gasteiger partial charge in [0.1, 0.15) is 0 Å². The van der Waals surface area contributed by atoms with Crippen LogP contribution in [0.4, 0.5) is 0 Å². The lowest BCUT2D eigenvalue weighted by Gasteiger charge is -2.30. The summed E-state index contributed by atoms with van der Waals surface area (Å²) < 4.78 is 5.21. The van der Waals surface area contributed by atoms with Crippen molar-refractivity contribution >= 4 is 0 Å². The summed E-state index contributed by atoms with van der Waals surface area (Å²) in [5.41, 5.74) is 0.181. The molecule has 0 spiro atoms. The van der Waals surface area contributed by atoms with Crippen molar-refractivity contribution in [1.82, 2.24) is 10.2 Å². The number of ether oxygens (including phenoxy) is 1. The Bertz CT molecular complexity index is 143. The van der Waals surface area contributed by atoms with E-state index in [2.05, 4.69) is 45.0 Å². The fourth-order valence-electron chi connectivity index (χ4n) is 1.22. The highest BCUT2D eigenvalue weighted by Gasteiger charge is 2.16. The molecule has 0 aromatic carbocycles. The molecule has 0 aromatic rings. The number of nitrogens with one attached hydrogen (secondary N) is 1. The minimum absolute atomic E-state index is 0.181. The van der Waals surface area contributed by atoms with Gasteiger partial charge in [-0.2, -0.15) is 0 Å². The van der Waals surface area contributed by atoms with Crippen molar-refractivity contribution in [2.24, 2.45) is 0 Å². The molecule has 1 unspecified atom stereocenters. The molecule has 0 aromatic heterocycles. The average Bonchev–Trinajstić information content (AvgIpc) is 2.09. The predicted molar refractivity (Wildman–Crippen MR) is 61.7 cm³/mol. The molecule has 0 aliphatic rings. The Morgan fingerprint density at radius 2 is 1.93 bits per heavy atom. The molecule has 3 nitrogen and oxygen atoms in total. The van der Waals surface area contributed by atoms with Gasteiger partial charge < -0.3 is 15.0 Å². The number of rotatable bonds is 6. The van der Waals surface area contributed by atoms with E-state index in [-0.39, 0.29) is 5.54 Å². The normalized spacial score (nSPS) is 14.8. The van der Waals surface area contributed by atoms with Gasteiger partial charge in [0, 0.05) is 25.2 Å². The molecule has 1 atom stereocenters. The minimum atomic E-state index is 0.181. The molecular formula is C11H26N2O. The highest BCUT2D eigenvalue weighted by atomic mass is 16.5. The smallest absolute Gasteiger partial charge is 0.0630 e. The van der Waals surface area contributed by atoms with Gasteiger partial charge in [0.25, 0.3) is 0 Å². The molecule has 0 saturated heterocycles. The third-order valence-corrected chi connectivity index (χ3v) is 2.35. The van der Waals surface area contributed by atoms with Crippen LogP contribution in [0.3, 0.4) is 0 Å². The zero-order valence-electron chi connectivity index (χ0n) is 10.6. The van der Waals surface area contributed by atoms with E-state index in [0.29, 0.717) is 6.04 Å². The maximum absolute atomic E-state index is 5.21. The maximum Gasteiger partial charge on any atom is 0.0630 e. The third-order valence-electron chi connectivity index (χ3n) is 2.35. The second-order valence-electron chi connectivity index (χ2n) is 4.81. The van der Waals surface area contributed by atoms with Crippen LogP contribution >= 0.6 is 0 Å². The van der Waals surface area contributed by atoms with Gasteiger partial charge in [-0.25, -0.2) is 0 Å². The van der Waals surface area contributed by atoms with Crippen molar-refractivity contribution in [1.29, 1.82) is 0 Å². The first-order chi connectivity index (χ1) is 6.40. The van der Waals surface area contributed by atoms with Gasteiger partial charge in [0.2, 0.25) is 0 Å². The van der Waals surface area contributed by atoms with Crippen molar-refractivity contribution < 1.29 is 4.74 Å². The Balaban J connectivity index is 3.96. The van der Waals surface area contributed by atoms with Crippen LogP contribution in [0.15, 0.2) is 0 Å². The first-order valence-corrected chi connectivity index (χ1v) is 5.35. The van der Waals surface area contributed by atoms with Gasteiger partial charge in [0.05, 0.1) is 6.61 Å². The zero-order valence-corrected chi connectivity index (χ0v) is 10.6. The van der Waals surface area contributed by atoms with E-state index in [1.165, 1.54) is 0 Å². The number of likely N-dealkylation sites (N-methyl/N-ethyl adjacent to an activating group) is 1. The van der Waals surface area contributed by atoms with Crippen molar-refractivity contribution in [3.05, 3.63) is 0 Å². The molecule has 0 rings (SSSR count). The number of hydrogen-bond donors (Lipinski definition) is 1. The molecule has 86 valence electrons. The molecule has 0 fully saturated rings. The van der Waals surface area contributed by atoms with Crippen LogP contribution in [0.1, 0.15) is 27.7 Å². The Kier molecular flexibility index (Phi) is 6.33. The highest BCUT2D eigenvalue weighted by molar-refractivity contribution is 4.77. The molecule has 0 saturated carbocycles. The van der Waals surface area contributed by atoms with Crippen LogP contribution in [-0.4, -0.2) is 50.3 Å². The summed E-state index contributed by atoms with van der Waals surface area (Å²) in [6.45, 7) is 11.5. The van der Waals surface area contributed by atoms with Gasteiger partial charge in [-0.3, -0.25) is 0 Å². The first kappa shape index (κ1) is 13.9. The van der Waals surface area contributed by atoms with Crippen LogP contribution < -0.4 is 5.32 Å². The van der Waals surface area contributed by atoms with Crippen molar-refractivity contribution in [2.75, 3.05) is 33.9 Å². The summed E-state index contributed by atoms with van der Waals surface area (Å²) in [6, 6.07) is 0.462. The van der Waals surface area contributed by atoms with Crippen LogP contribution in [0.2, 0.25) is 0 Å². The monoisotopic (exact) mass is 202 g/mol. The molecule has 0 aliphatic heterocycles. The summed E-state index contributed by atoms with van der Waals surface area (Å²) in [7, 11) is 3.89. The molecule has 0 bridgehead atoms. The fourth-order valence-corrected chi connectivity index (χ4v) is 1.22. The zero-order chi connectivity index (χ0) is 11.2. The van der Waals surface area contributed by atoms with E-state index in [9.17, 15) is 0 Å². The molecule has 0 radical (unpaired) electrons. The lowest BCUT2D eigenvalue weighted by Crippen LogP contribution is -2.48. The van der Waals surface area contributed by atoms with Crippen molar-refractivity contribution in [3.63, 3.8) is 0 Å². The summed E-state index contributed by atoms with van der Waals surface area (Å²) in [5, 5.41) is 3.50. The lowest BCUT2D eigenvalue weighted by molar-refractivity contribution is 0.104. The van der Waals surface area contributed by atoms with E-state index in [1.807, 2.05) is 0 Å². The van der Waals surface area contributed by atoms with E-state index in [0.717, 1.165) is 19.7 Å². The third kappa shape index (κ3) is 6.35. The van der Waals surface area contributed by atoms with Crippen LogP contribution in [0.5, 0.6) is 0 Å². The van der Waals surface area contributed by atoms with E-state index >= 15 is 0 Å². The van der Waals surface area contributed by atoms with E-state index in [1.54, 1.807) is 7.11 Å². The first-order valence-electron chi connectivity index (χ1n) is 5.35. The Labute approximate surface area is 88.8 Å². The summed E-state index contributed by atoms with van der Waals surface area (Å²) >= 11 is 0. The molecular weight excluding hydrogens is 176 g/mol. The molecule has 0 aliphatic carbocycles. The van der Waals surface area contributed by atoms with Crippen molar-refractivity contribution in [2.45, 2.75) is 39.3 Å². The second kappa shape index (κ2) is 6.38. The largest absolute Gasteiger partial charge is 0.383 e. The summed E-state index contributed by atoms with van der Waals surface area (Å²) in [6.07, 6.45) is 0. The van der Waals surface area contributed by atoms with E-state index < -0.39 is 0 Å². The van der Waals surface area contributed by atoms with Crippen molar-refractivity contribution in [3.8, 4) is 0 Å². The number of hydrogen-bond acceptors (Lipinski definition) is 3. The Morgan fingerprint density at radius 3 is 2.29 bits per heavy atom. The van der Waals surface area contributed by atoms with Gasteiger partial charge in [-0.05, 0) is 34.4 Å². The summed E-state index contributed by atoms with van der Waals surface area (Å²) in [4.78, 5) is 2.31. The molecule has 0 heterocycles.